The monoisotopic (exact) mass is 370 g/mol. The summed E-state index contributed by atoms with van der Waals surface area (Å²) >= 11 is 0. The van der Waals surface area contributed by atoms with Crippen LogP contribution >= 0.6 is 0 Å². The van der Waals surface area contributed by atoms with Crippen molar-refractivity contribution in [2.24, 2.45) is 0 Å². The number of benzene rings is 1. The number of pyridine rings is 1. The van der Waals surface area contributed by atoms with Crippen LogP contribution in [0.25, 0.3) is 0 Å². The van der Waals surface area contributed by atoms with E-state index in [4.69, 9.17) is 9.47 Å². The lowest BCUT2D eigenvalue weighted by molar-refractivity contribution is 0.0947. The summed E-state index contributed by atoms with van der Waals surface area (Å²) < 4.78 is 10.5. The first-order valence-corrected chi connectivity index (χ1v) is 8.99. The van der Waals surface area contributed by atoms with Crippen molar-refractivity contribution in [2.45, 2.75) is 6.54 Å². The molecular weight excluding hydrogens is 344 g/mol. The van der Waals surface area contributed by atoms with Gasteiger partial charge in [0.05, 0.1) is 19.8 Å². The van der Waals surface area contributed by atoms with Gasteiger partial charge in [-0.15, -0.1) is 0 Å². The van der Waals surface area contributed by atoms with Crippen molar-refractivity contribution in [3.63, 3.8) is 0 Å². The van der Waals surface area contributed by atoms with Gasteiger partial charge in [0.25, 0.3) is 5.91 Å². The fraction of sp³-hybridized carbons (Fsp3) is 0.400. The Bertz CT molecular complexity index is 789. The van der Waals surface area contributed by atoms with Crippen molar-refractivity contribution in [1.29, 1.82) is 0 Å². The fourth-order valence-electron chi connectivity index (χ4n) is 3.05. The molecule has 0 atom stereocenters. The van der Waals surface area contributed by atoms with Gasteiger partial charge in [0, 0.05) is 38.9 Å². The molecule has 1 fully saturated rings. The first-order valence-electron chi connectivity index (χ1n) is 8.99. The molecule has 3 rings (SSSR count). The molecule has 2 aromatic rings. The second-order valence-electron chi connectivity index (χ2n) is 6.56. The highest BCUT2D eigenvalue weighted by Gasteiger charge is 2.16. The van der Waals surface area contributed by atoms with E-state index in [1.165, 1.54) is 0 Å². The van der Waals surface area contributed by atoms with Crippen LogP contribution in [-0.4, -0.2) is 63.2 Å². The Balaban J connectivity index is 1.66. The SMILES string of the molecule is COc1ccc(OC)c(C(=O)NCc2ccnc(N3CCN(C)CC3)c2)c1. The zero-order chi connectivity index (χ0) is 19.2. The number of carbonyl (C=O) groups excluding carboxylic acids is 1. The summed E-state index contributed by atoms with van der Waals surface area (Å²) in [5, 5.41) is 2.95. The third kappa shape index (κ3) is 4.68. The van der Waals surface area contributed by atoms with E-state index in [2.05, 4.69) is 27.1 Å². The molecule has 0 radical (unpaired) electrons. The van der Waals surface area contributed by atoms with Gasteiger partial charge in [-0.3, -0.25) is 4.79 Å². The number of carbonyl (C=O) groups is 1. The lowest BCUT2D eigenvalue weighted by Gasteiger charge is -2.33. The maximum Gasteiger partial charge on any atom is 0.255 e. The van der Waals surface area contributed by atoms with E-state index in [0.717, 1.165) is 37.6 Å². The molecule has 1 aromatic carbocycles. The number of aromatic nitrogens is 1. The fourth-order valence-corrected chi connectivity index (χ4v) is 3.05. The van der Waals surface area contributed by atoms with Crippen molar-refractivity contribution in [3.8, 4) is 11.5 Å². The maximum absolute atomic E-state index is 12.6. The molecular formula is C20H26N4O3. The van der Waals surface area contributed by atoms with E-state index in [0.29, 0.717) is 23.6 Å². The molecule has 0 spiro atoms. The second-order valence-corrected chi connectivity index (χ2v) is 6.56. The number of nitrogens with zero attached hydrogens (tertiary/aromatic N) is 3. The number of likely N-dealkylation sites (N-methyl/N-ethyl adjacent to an activating group) is 1. The molecule has 1 saturated heterocycles. The molecule has 144 valence electrons. The van der Waals surface area contributed by atoms with Crippen LogP contribution in [0.2, 0.25) is 0 Å². The van der Waals surface area contributed by atoms with Gasteiger partial charge in [0.2, 0.25) is 0 Å². The zero-order valence-corrected chi connectivity index (χ0v) is 16.1. The lowest BCUT2D eigenvalue weighted by atomic mass is 10.1. The topological polar surface area (TPSA) is 66.9 Å². The number of hydrogen-bond donors (Lipinski definition) is 1. The Morgan fingerprint density at radius 3 is 2.59 bits per heavy atom. The van der Waals surface area contributed by atoms with Crippen LogP contribution in [0.3, 0.4) is 0 Å². The van der Waals surface area contributed by atoms with Crippen molar-refractivity contribution < 1.29 is 14.3 Å². The highest BCUT2D eigenvalue weighted by atomic mass is 16.5. The van der Waals surface area contributed by atoms with Crippen LogP contribution in [0.5, 0.6) is 11.5 Å². The Labute approximate surface area is 159 Å². The van der Waals surface area contributed by atoms with Gasteiger partial charge < -0.3 is 24.6 Å². The van der Waals surface area contributed by atoms with Gasteiger partial charge in [-0.2, -0.15) is 0 Å². The summed E-state index contributed by atoms with van der Waals surface area (Å²) in [5.41, 5.74) is 1.46. The van der Waals surface area contributed by atoms with E-state index < -0.39 is 0 Å². The van der Waals surface area contributed by atoms with E-state index in [1.54, 1.807) is 38.6 Å². The van der Waals surface area contributed by atoms with Gasteiger partial charge in [-0.25, -0.2) is 4.98 Å². The number of rotatable bonds is 6. The molecule has 0 saturated carbocycles. The number of ether oxygens (including phenoxy) is 2. The van der Waals surface area contributed by atoms with Crippen molar-refractivity contribution >= 4 is 11.7 Å². The molecule has 1 N–H and O–H groups in total. The molecule has 1 aromatic heterocycles. The maximum atomic E-state index is 12.6. The minimum atomic E-state index is -0.205. The summed E-state index contributed by atoms with van der Waals surface area (Å²) in [5.74, 6) is 1.88. The van der Waals surface area contributed by atoms with Crippen LogP contribution in [-0.2, 0) is 6.54 Å². The summed E-state index contributed by atoms with van der Waals surface area (Å²) in [6.45, 7) is 4.39. The average Bonchev–Trinajstić information content (AvgIpc) is 2.72. The smallest absolute Gasteiger partial charge is 0.255 e. The molecule has 7 heteroatoms. The molecule has 0 unspecified atom stereocenters. The van der Waals surface area contributed by atoms with E-state index in [1.807, 2.05) is 12.1 Å². The van der Waals surface area contributed by atoms with Gasteiger partial charge in [0.15, 0.2) is 0 Å². The molecule has 2 heterocycles. The van der Waals surface area contributed by atoms with Gasteiger partial charge in [-0.1, -0.05) is 0 Å². The first-order chi connectivity index (χ1) is 13.1. The molecule has 1 aliphatic heterocycles. The minimum absolute atomic E-state index is 0.205. The molecule has 1 amide bonds. The van der Waals surface area contributed by atoms with Crippen LogP contribution in [0, 0.1) is 0 Å². The summed E-state index contributed by atoms with van der Waals surface area (Å²) in [6, 6.07) is 9.12. The highest BCUT2D eigenvalue weighted by molar-refractivity contribution is 5.97. The van der Waals surface area contributed by atoms with Gasteiger partial charge >= 0.3 is 0 Å². The largest absolute Gasteiger partial charge is 0.497 e. The standard InChI is InChI=1S/C20H26N4O3/c1-23-8-10-24(11-9-23)19-12-15(6-7-21-19)14-22-20(25)17-13-16(26-2)4-5-18(17)27-3/h4-7,12-13H,8-11,14H2,1-3H3,(H,22,25). The number of nitrogens with one attached hydrogen (secondary N) is 1. The third-order valence-electron chi connectivity index (χ3n) is 4.74. The molecule has 0 bridgehead atoms. The third-order valence-corrected chi connectivity index (χ3v) is 4.74. The normalized spacial score (nSPS) is 14.7. The minimum Gasteiger partial charge on any atom is -0.497 e. The Morgan fingerprint density at radius 2 is 1.89 bits per heavy atom. The van der Waals surface area contributed by atoms with Gasteiger partial charge in [-0.05, 0) is 42.9 Å². The van der Waals surface area contributed by atoms with Crippen LogP contribution in [0.1, 0.15) is 15.9 Å². The van der Waals surface area contributed by atoms with Gasteiger partial charge in [0.1, 0.15) is 17.3 Å². The molecule has 0 aliphatic carbocycles. The highest BCUT2D eigenvalue weighted by Crippen LogP contribution is 2.24. The van der Waals surface area contributed by atoms with Crippen molar-refractivity contribution in [3.05, 3.63) is 47.7 Å². The molecule has 7 nitrogen and oxygen atoms in total. The summed E-state index contributed by atoms with van der Waals surface area (Å²) in [4.78, 5) is 21.7. The van der Waals surface area contributed by atoms with E-state index in [9.17, 15) is 4.79 Å². The number of piperazine rings is 1. The number of anilines is 1. The molecule has 27 heavy (non-hydrogen) atoms. The van der Waals surface area contributed by atoms with E-state index in [-0.39, 0.29) is 5.91 Å². The van der Waals surface area contributed by atoms with Crippen LogP contribution in [0.4, 0.5) is 5.82 Å². The summed E-state index contributed by atoms with van der Waals surface area (Å²) in [7, 11) is 5.24. The van der Waals surface area contributed by atoms with Crippen molar-refractivity contribution in [2.75, 3.05) is 52.3 Å². The predicted octanol–water partition coefficient (Wildman–Crippen LogP) is 1.78. The summed E-state index contributed by atoms with van der Waals surface area (Å²) in [6.07, 6.45) is 1.79. The number of methoxy groups -OCH3 is 2. The quantitative estimate of drug-likeness (QED) is 0.836. The Hall–Kier alpha value is -2.80. The number of amides is 1. The lowest BCUT2D eigenvalue weighted by Crippen LogP contribution is -2.44. The zero-order valence-electron chi connectivity index (χ0n) is 16.1. The predicted molar refractivity (Wildman–Crippen MR) is 105 cm³/mol. The Kier molecular flexibility index (Phi) is 6.13. The second kappa shape index (κ2) is 8.73. The van der Waals surface area contributed by atoms with Crippen LogP contribution < -0.4 is 19.7 Å². The van der Waals surface area contributed by atoms with E-state index >= 15 is 0 Å². The Morgan fingerprint density at radius 1 is 1.11 bits per heavy atom. The average molecular weight is 370 g/mol. The van der Waals surface area contributed by atoms with Crippen LogP contribution in [0.15, 0.2) is 36.5 Å². The number of hydrogen-bond acceptors (Lipinski definition) is 6. The first kappa shape index (κ1) is 19.0. The molecule has 1 aliphatic rings. The van der Waals surface area contributed by atoms with Crippen molar-refractivity contribution in [1.82, 2.24) is 15.2 Å².